The van der Waals surface area contributed by atoms with Crippen LogP contribution in [-0.2, 0) is 16.1 Å². The fourth-order valence-corrected chi connectivity index (χ4v) is 3.73. The Morgan fingerprint density at radius 3 is 3.15 bits per heavy atom. The van der Waals surface area contributed by atoms with E-state index in [1.807, 2.05) is 29.8 Å². The molecule has 4 rings (SSSR count). The lowest BCUT2D eigenvalue weighted by Crippen LogP contribution is -2.50. The van der Waals surface area contributed by atoms with E-state index in [0.717, 1.165) is 22.0 Å². The standard InChI is InChI=1S/C17H20N4O4S/c1-10-12(11(2)25-20-10)8-24-15-3-5-23-9-14(15)18-16(22)13-7-21-4-6-26-17(21)19-13/h4,6-7,14-15H,3,5,8-9H2,1-2H3,(H,18,22)/t14-,15+/m1/s1. The van der Waals surface area contributed by atoms with Gasteiger partial charge in [-0.3, -0.25) is 9.20 Å². The summed E-state index contributed by atoms with van der Waals surface area (Å²) in [6, 6.07) is -0.226. The first kappa shape index (κ1) is 17.2. The van der Waals surface area contributed by atoms with Gasteiger partial charge in [0.05, 0.1) is 31.1 Å². The molecule has 9 heteroatoms. The molecule has 1 aliphatic heterocycles. The maximum atomic E-state index is 12.5. The molecule has 2 atom stereocenters. The average Bonchev–Trinajstić information content (AvgIpc) is 3.30. The second-order valence-electron chi connectivity index (χ2n) is 6.31. The molecule has 0 bridgehead atoms. The minimum Gasteiger partial charge on any atom is -0.379 e. The molecule has 26 heavy (non-hydrogen) atoms. The number of ether oxygens (including phenoxy) is 2. The van der Waals surface area contributed by atoms with Crippen LogP contribution >= 0.6 is 11.3 Å². The molecule has 0 aliphatic carbocycles. The van der Waals surface area contributed by atoms with Crippen LogP contribution in [0.1, 0.15) is 33.9 Å². The summed E-state index contributed by atoms with van der Waals surface area (Å²) in [6.45, 7) is 5.19. The van der Waals surface area contributed by atoms with Crippen molar-refractivity contribution in [3.63, 3.8) is 0 Å². The van der Waals surface area contributed by atoms with E-state index in [-0.39, 0.29) is 18.1 Å². The monoisotopic (exact) mass is 376 g/mol. The summed E-state index contributed by atoms with van der Waals surface area (Å²) in [6.07, 6.45) is 4.19. The van der Waals surface area contributed by atoms with Gasteiger partial charge in [0.2, 0.25) is 0 Å². The topological polar surface area (TPSA) is 90.9 Å². The van der Waals surface area contributed by atoms with E-state index in [1.54, 1.807) is 6.20 Å². The molecule has 4 heterocycles. The quantitative estimate of drug-likeness (QED) is 0.733. The maximum Gasteiger partial charge on any atom is 0.271 e. The van der Waals surface area contributed by atoms with E-state index in [9.17, 15) is 4.79 Å². The van der Waals surface area contributed by atoms with Crippen molar-refractivity contribution in [3.8, 4) is 0 Å². The third-order valence-corrected chi connectivity index (χ3v) is 5.33. The number of thiazole rings is 1. The van der Waals surface area contributed by atoms with Crippen LogP contribution in [0.15, 0.2) is 22.3 Å². The highest BCUT2D eigenvalue weighted by Gasteiger charge is 2.29. The summed E-state index contributed by atoms with van der Waals surface area (Å²) in [4.78, 5) is 17.7. The van der Waals surface area contributed by atoms with Crippen LogP contribution in [0, 0.1) is 13.8 Å². The molecule has 3 aromatic heterocycles. The minimum absolute atomic E-state index is 0.134. The van der Waals surface area contributed by atoms with Crippen LogP contribution in [0.4, 0.5) is 0 Å². The summed E-state index contributed by atoms with van der Waals surface area (Å²) in [5.41, 5.74) is 2.18. The minimum atomic E-state index is -0.226. The second-order valence-corrected chi connectivity index (χ2v) is 7.19. The van der Waals surface area contributed by atoms with Gasteiger partial charge in [-0.1, -0.05) is 5.16 Å². The van der Waals surface area contributed by atoms with Crippen LogP contribution in [0.5, 0.6) is 0 Å². The van der Waals surface area contributed by atoms with Gasteiger partial charge < -0.3 is 19.3 Å². The highest BCUT2D eigenvalue weighted by Crippen LogP contribution is 2.19. The van der Waals surface area contributed by atoms with Crippen molar-refractivity contribution < 1.29 is 18.8 Å². The molecule has 1 amide bonds. The Kier molecular flexibility index (Phi) is 4.75. The van der Waals surface area contributed by atoms with E-state index in [4.69, 9.17) is 14.0 Å². The number of hydrogen-bond donors (Lipinski definition) is 1. The summed E-state index contributed by atoms with van der Waals surface area (Å²) in [5.74, 6) is 0.538. The Bertz CT molecular complexity index is 867. The van der Waals surface area contributed by atoms with Crippen molar-refractivity contribution in [2.24, 2.45) is 0 Å². The molecule has 0 saturated carbocycles. The number of hydrogen-bond acceptors (Lipinski definition) is 7. The smallest absolute Gasteiger partial charge is 0.271 e. The summed E-state index contributed by atoms with van der Waals surface area (Å²) in [5, 5.41) is 8.87. The number of nitrogens with one attached hydrogen (secondary N) is 1. The summed E-state index contributed by atoms with van der Waals surface area (Å²) >= 11 is 1.49. The Hall–Kier alpha value is -2.23. The van der Waals surface area contributed by atoms with E-state index in [0.29, 0.717) is 31.9 Å². The molecule has 0 spiro atoms. The number of amides is 1. The van der Waals surface area contributed by atoms with Crippen molar-refractivity contribution in [3.05, 3.63) is 40.5 Å². The third kappa shape index (κ3) is 3.37. The van der Waals surface area contributed by atoms with E-state index < -0.39 is 0 Å². The Morgan fingerprint density at radius 2 is 2.38 bits per heavy atom. The molecule has 1 N–H and O–H groups in total. The molecule has 1 aliphatic rings. The van der Waals surface area contributed by atoms with E-state index >= 15 is 0 Å². The normalized spacial score (nSPS) is 20.5. The number of aryl methyl sites for hydroxylation is 2. The van der Waals surface area contributed by atoms with E-state index in [1.165, 1.54) is 11.3 Å². The zero-order valence-corrected chi connectivity index (χ0v) is 15.4. The van der Waals surface area contributed by atoms with Crippen molar-refractivity contribution >= 4 is 22.2 Å². The Labute approximate surface area is 154 Å². The predicted octanol–water partition coefficient (Wildman–Crippen LogP) is 2.10. The molecule has 1 saturated heterocycles. The van der Waals surface area contributed by atoms with Crippen molar-refractivity contribution in [2.75, 3.05) is 13.2 Å². The van der Waals surface area contributed by atoms with Gasteiger partial charge in [-0.2, -0.15) is 0 Å². The van der Waals surface area contributed by atoms with E-state index in [2.05, 4.69) is 15.5 Å². The van der Waals surface area contributed by atoms with Gasteiger partial charge in [0.1, 0.15) is 11.5 Å². The number of carbonyl (C=O) groups is 1. The van der Waals surface area contributed by atoms with Crippen LogP contribution < -0.4 is 5.32 Å². The summed E-state index contributed by atoms with van der Waals surface area (Å²) < 4.78 is 18.6. The van der Waals surface area contributed by atoms with Crippen LogP contribution in [0.3, 0.4) is 0 Å². The highest BCUT2D eigenvalue weighted by molar-refractivity contribution is 7.15. The lowest BCUT2D eigenvalue weighted by atomic mass is 10.1. The molecule has 0 unspecified atom stereocenters. The van der Waals surface area contributed by atoms with Gasteiger partial charge in [-0.25, -0.2) is 4.98 Å². The van der Waals surface area contributed by atoms with Gasteiger partial charge in [0.25, 0.3) is 5.91 Å². The first-order valence-corrected chi connectivity index (χ1v) is 9.34. The Morgan fingerprint density at radius 1 is 1.50 bits per heavy atom. The number of aromatic nitrogens is 3. The molecular weight excluding hydrogens is 356 g/mol. The van der Waals surface area contributed by atoms with Gasteiger partial charge in [0.15, 0.2) is 4.96 Å². The van der Waals surface area contributed by atoms with Crippen molar-refractivity contribution in [1.29, 1.82) is 0 Å². The largest absolute Gasteiger partial charge is 0.379 e. The lowest BCUT2D eigenvalue weighted by Gasteiger charge is -2.31. The average molecular weight is 376 g/mol. The van der Waals surface area contributed by atoms with Gasteiger partial charge in [-0.05, 0) is 20.3 Å². The predicted molar refractivity (Wildman–Crippen MR) is 94.3 cm³/mol. The molecule has 1 fully saturated rings. The van der Waals surface area contributed by atoms with Gasteiger partial charge in [-0.15, -0.1) is 11.3 Å². The van der Waals surface area contributed by atoms with Gasteiger partial charge >= 0.3 is 0 Å². The SMILES string of the molecule is Cc1noc(C)c1CO[C@H]1CCOC[C@H]1NC(=O)c1cn2ccsc2n1. The zero-order valence-electron chi connectivity index (χ0n) is 14.6. The van der Waals surface area contributed by atoms with Crippen LogP contribution in [0.25, 0.3) is 4.96 Å². The number of rotatable bonds is 5. The zero-order chi connectivity index (χ0) is 18.1. The molecule has 0 radical (unpaired) electrons. The number of nitrogens with zero attached hydrogens (tertiary/aromatic N) is 3. The molecule has 8 nitrogen and oxygen atoms in total. The molecule has 3 aromatic rings. The molecule has 0 aromatic carbocycles. The first-order valence-electron chi connectivity index (χ1n) is 8.46. The van der Waals surface area contributed by atoms with Crippen molar-refractivity contribution in [1.82, 2.24) is 19.9 Å². The molecule has 138 valence electrons. The number of fused-ring (bicyclic) bond motifs is 1. The first-order chi connectivity index (χ1) is 12.6. The fourth-order valence-electron chi connectivity index (χ4n) is 3.03. The lowest BCUT2D eigenvalue weighted by molar-refractivity contribution is -0.0608. The third-order valence-electron chi connectivity index (χ3n) is 4.56. The van der Waals surface area contributed by atoms with Crippen LogP contribution in [0.2, 0.25) is 0 Å². The molecular formula is C17H20N4O4S. The second kappa shape index (κ2) is 7.18. The van der Waals surface area contributed by atoms with Crippen molar-refractivity contribution in [2.45, 2.75) is 39.0 Å². The van der Waals surface area contributed by atoms with Crippen LogP contribution in [-0.4, -0.2) is 45.8 Å². The maximum absolute atomic E-state index is 12.5. The number of imidazole rings is 1. The summed E-state index contributed by atoms with van der Waals surface area (Å²) in [7, 11) is 0. The highest BCUT2D eigenvalue weighted by atomic mass is 32.1. The number of carbonyl (C=O) groups excluding carboxylic acids is 1. The Balaban J connectivity index is 1.41. The van der Waals surface area contributed by atoms with Gasteiger partial charge in [0, 0.05) is 29.9 Å². The fraction of sp³-hybridized carbons (Fsp3) is 0.471.